The highest BCUT2D eigenvalue weighted by Gasteiger charge is 2.31. The van der Waals surface area contributed by atoms with Crippen LogP contribution in [-0.4, -0.2) is 24.5 Å². The minimum absolute atomic E-state index is 0.0145. The Morgan fingerprint density at radius 1 is 1.12 bits per heavy atom. The minimum atomic E-state index is -0.422. The average molecular weight is 392 g/mol. The summed E-state index contributed by atoms with van der Waals surface area (Å²) in [5, 5.41) is 6.35. The molecular weight excluding hydrogens is 373 g/mol. The molecule has 1 aliphatic heterocycles. The Bertz CT molecular complexity index is 870. The van der Waals surface area contributed by atoms with Gasteiger partial charge in [-0.2, -0.15) is 0 Å². The van der Waals surface area contributed by atoms with E-state index in [0.717, 1.165) is 11.3 Å². The molecule has 1 atom stereocenters. The Hall–Kier alpha value is -2.24. The lowest BCUT2D eigenvalue weighted by Gasteiger charge is -2.18. The Morgan fingerprint density at radius 3 is 2.62 bits per heavy atom. The van der Waals surface area contributed by atoms with E-state index >= 15 is 0 Å². The molecular formula is C19H19Cl2N3O2. The number of benzene rings is 2. The second kappa shape index (κ2) is 7.56. The first-order valence-electron chi connectivity index (χ1n) is 8.23. The van der Waals surface area contributed by atoms with Crippen molar-refractivity contribution in [2.75, 3.05) is 16.8 Å². The maximum Gasteiger partial charge on any atom is 0.319 e. The number of urea groups is 1. The molecule has 0 aliphatic carbocycles. The van der Waals surface area contributed by atoms with Crippen molar-refractivity contribution in [1.82, 2.24) is 5.32 Å². The van der Waals surface area contributed by atoms with Gasteiger partial charge in [-0.3, -0.25) is 4.79 Å². The Kier molecular flexibility index (Phi) is 5.39. The van der Waals surface area contributed by atoms with Crippen LogP contribution in [0.5, 0.6) is 0 Å². The van der Waals surface area contributed by atoms with E-state index in [1.54, 1.807) is 23.1 Å². The van der Waals surface area contributed by atoms with E-state index in [1.165, 1.54) is 5.56 Å². The van der Waals surface area contributed by atoms with Crippen LogP contribution < -0.4 is 15.5 Å². The van der Waals surface area contributed by atoms with E-state index < -0.39 is 6.03 Å². The second-order valence-electron chi connectivity index (χ2n) is 6.40. The van der Waals surface area contributed by atoms with Crippen LogP contribution >= 0.6 is 23.2 Å². The predicted octanol–water partition coefficient (Wildman–Crippen LogP) is 4.54. The third-order valence-electron chi connectivity index (χ3n) is 4.44. The van der Waals surface area contributed by atoms with Crippen molar-refractivity contribution in [3.63, 3.8) is 0 Å². The first-order chi connectivity index (χ1) is 12.3. The van der Waals surface area contributed by atoms with Crippen molar-refractivity contribution in [2.45, 2.75) is 26.3 Å². The molecule has 3 amide bonds. The summed E-state index contributed by atoms with van der Waals surface area (Å²) >= 11 is 12.0. The molecule has 2 aromatic rings. The number of carbonyl (C=O) groups excluding carboxylic acids is 2. The Balaban J connectivity index is 1.64. The average Bonchev–Trinajstić information content (AvgIpc) is 2.93. The van der Waals surface area contributed by atoms with Crippen molar-refractivity contribution in [3.8, 4) is 0 Å². The van der Waals surface area contributed by atoms with Crippen LogP contribution in [0.3, 0.4) is 0 Å². The second-order valence-corrected chi connectivity index (χ2v) is 7.24. The lowest BCUT2D eigenvalue weighted by molar-refractivity contribution is -0.117. The fourth-order valence-corrected chi connectivity index (χ4v) is 3.22. The van der Waals surface area contributed by atoms with Gasteiger partial charge in [0.15, 0.2) is 0 Å². The summed E-state index contributed by atoms with van der Waals surface area (Å²) in [6, 6.07) is 10.0. The van der Waals surface area contributed by atoms with Gasteiger partial charge in [0.25, 0.3) is 0 Å². The molecule has 3 rings (SSSR count). The molecule has 7 heteroatoms. The molecule has 26 heavy (non-hydrogen) atoms. The monoisotopic (exact) mass is 391 g/mol. The zero-order valence-electron chi connectivity index (χ0n) is 14.5. The van der Waals surface area contributed by atoms with Gasteiger partial charge in [0.05, 0.1) is 16.8 Å². The van der Waals surface area contributed by atoms with Crippen molar-refractivity contribution >= 4 is 46.5 Å². The summed E-state index contributed by atoms with van der Waals surface area (Å²) in [4.78, 5) is 26.3. The summed E-state index contributed by atoms with van der Waals surface area (Å²) < 4.78 is 0. The summed E-state index contributed by atoms with van der Waals surface area (Å²) in [6.45, 7) is 4.47. The molecule has 1 saturated heterocycles. The molecule has 0 aromatic heterocycles. The van der Waals surface area contributed by atoms with Crippen LogP contribution in [0.15, 0.2) is 36.4 Å². The van der Waals surface area contributed by atoms with Gasteiger partial charge < -0.3 is 15.5 Å². The van der Waals surface area contributed by atoms with Crippen molar-refractivity contribution in [3.05, 3.63) is 57.6 Å². The maximum absolute atomic E-state index is 12.3. The molecule has 0 bridgehead atoms. The van der Waals surface area contributed by atoms with E-state index in [-0.39, 0.29) is 18.4 Å². The van der Waals surface area contributed by atoms with Gasteiger partial charge in [-0.15, -0.1) is 0 Å². The largest absolute Gasteiger partial charge is 0.333 e. The molecule has 2 aromatic carbocycles. The maximum atomic E-state index is 12.3. The van der Waals surface area contributed by atoms with Gasteiger partial charge in [0, 0.05) is 23.7 Å². The zero-order chi connectivity index (χ0) is 18.8. The normalized spacial score (nSPS) is 16.7. The Morgan fingerprint density at radius 2 is 1.88 bits per heavy atom. The fraction of sp³-hybridized carbons (Fsp3) is 0.263. The molecule has 0 radical (unpaired) electrons. The van der Waals surface area contributed by atoms with Gasteiger partial charge in [-0.1, -0.05) is 29.3 Å². The van der Waals surface area contributed by atoms with Crippen LogP contribution in [0, 0.1) is 13.8 Å². The van der Waals surface area contributed by atoms with Gasteiger partial charge in [0.2, 0.25) is 5.91 Å². The number of nitrogens with zero attached hydrogens (tertiary/aromatic N) is 1. The number of aryl methyl sites for hydroxylation is 2. The van der Waals surface area contributed by atoms with Gasteiger partial charge in [-0.25, -0.2) is 4.79 Å². The zero-order valence-corrected chi connectivity index (χ0v) is 16.0. The SMILES string of the molecule is Cc1ccc(N2C[C@@H](NC(=O)Nc3cc(Cl)ccc3Cl)CC2=O)cc1C. The number of rotatable bonds is 3. The molecule has 136 valence electrons. The minimum Gasteiger partial charge on any atom is -0.333 e. The lowest BCUT2D eigenvalue weighted by Crippen LogP contribution is -2.39. The summed E-state index contributed by atoms with van der Waals surface area (Å²) in [6.07, 6.45) is 0.254. The number of carbonyl (C=O) groups is 2. The van der Waals surface area contributed by atoms with Gasteiger partial charge in [0.1, 0.15) is 0 Å². The van der Waals surface area contributed by atoms with Crippen LogP contribution in [0.2, 0.25) is 10.0 Å². The quantitative estimate of drug-likeness (QED) is 0.806. The molecule has 1 heterocycles. The van der Waals surface area contributed by atoms with Crippen LogP contribution in [0.1, 0.15) is 17.5 Å². The first kappa shape index (κ1) is 18.5. The van der Waals surface area contributed by atoms with E-state index in [2.05, 4.69) is 10.6 Å². The van der Waals surface area contributed by atoms with Gasteiger partial charge in [-0.05, 0) is 55.3 Å². The van der Waals surface area contributed by atoms with E-state index in [9.17, 15) is 9.59 Å². The smallest absolute Gasteiger partial charge is 0.319 e. The first-order valence-corrected chi connectivity index (χ1v) is 8.99. The number of halogens is 2. The van der Waals surface area contributed by atoms with E-state index in [0.29, 0.717) is 22.3 Å². The molecule has 1 fully saturated rings. The van der Waals surface area contributed by atoms with Crippen LogP contribution in [0.25, 0.3) is 0 Å². The van der Waals surface area contributed by atoms with Gasteiger partial charge >= 0.3 is 6.03 Å². The molecule has 0 saturated carbocycles. The highest BCUT2D eigenvalue weighted by atomic mass is 35.5. The summed E-state index contributed by atoms with van der Waals surface area (Å²) in [5.74, 6) is -0.0145. The number of amides is 3. The molecule has 1 aliphatic rings. The molecule has 2 N–H and O–H groups in total. The number of nitrogens with one attached hydrogen (secondary N) is 2. The van der Waals surface area contributed by atoms with Crippen LogP contribution in [0.4, 0.5) is 16.2 Å². The van der Waals surface area contributed by atoms with Crippen molar-refractivity contribution in [2.24, 2.45) is 0 Å². The predicted molar refractivity (Wildman–Crippen MR) is 105 cm³/mol. The number of anilines is 2. The number of hydrogen-bond acceptors (Lipinski definition) is 2. The highest BCUT2D eigenvalue weighted by molar-refractivity contribution is 6.35. The van der Waals surface area contributed by atoms with Crippen molar-refractivity contribution in [1.29, 1.82) is 0 Å². The van der Waals surface area contributed by atoms with Crippen LogP contribution in [-0.2, 0) is 4.79 Å². The Labute approximate surface area is 162 Å². The molecule has 5 nitrogen and oxygen atoms in total. The molecule has 0 spiro atoms. The standard InChI is InChI=1S/C19H19Cl2N3O2/c1-11-3-5-15(7-12(11)2)24-10-14(9-18(24)25)22-19(26)23-17-8-13(20)4-6-16(17)21/h3-8,14H,9-10H2,1-2H3,(H2,22,23,26)/t14-/m0/s1. The topological polar surface area (TPSA) is 61.4 Å². The molecule has 0 unspecified atom stereocenters. The summed E-state index contributed by atoms with van der Waals surface area (Å²) in [7, 11) is 0. The van der Waals surface area contributed by atoms with Crippen molar-refractivity contribution < 1.29 is 9.59 Å². The summed E-state index contributed by atoms with van der Waals surface area (Å²) in [5.41, 5.74) is 3.57. The lowest BCUT2D eigenvalue weighted by atomic mass is 10.1. The highest BCUT2D eigenvalue weighted by Crippen LogP contribution is 2.26. The van der Waals surface area contributed by atoms with E-state index in [1.807, 2.05) is 32.0 Å². The third kappa shape index (κ3) is 4.11. The third-order valence-corrected chi connectivity index (χ3v) is 5.00. The number of hydrogen-bond donors (Lipinski definition) is 2. The van der Waals surface area contributed by atoms with E-state index in [4.69, 9.17) is 23.2 Å². The fourth-order valence-electron chi connectivity index (χ4n) is 2.88.